The van der Waals surface area contributed by atoms with Crippen LogP contribution in [0, 0.1) is 5.82 Å². The Hall–Kier alpha value is -4.24. The van der Waals surface area contributed by atoms with Crippen LogP contribution >= 0.6 is 11.6 Å². The average Bonchev–Trinajstić information content (AvgIpc) is 2.94. The fourth-order valence-electron chi connectivity index (χ4n) is 4.00. The molecule has 0 spiro atoms. The van der Waals surface area contributed by atoms with E-state index in [0.717, 1.165) is 37.2 Å². The van der Waals surface area contributed by atoms with Crippen molar-refractivity contribution in [1.82, 2.24) is 15.0 Å². The number of halogens is 2. The molecule has 3 aromatic carbocycles. The summed E-state index contributed by atoms with van der Waals surface area (Å²) in [6, 6.07) is 21.6. The van der Waals surface area contributed by atoms with E-state index in [1.807, 2.05) is 42.5 Å². The molecule has 194 valence electrons. The molecule has 0 aliphatic carbocycles. The van der Waals surface area contributed by atoms with E-state index in [2.05, 4.69) is 35.7 Å². The molecule has 0 amide bonds. The summed E-state index contributed by atoms with van der Waals surface area (Å²) in [4.78, 5) is 15.9. The Labute approximate surface area is 225 Å². The van der Waals surface area contributed by atoms with Gasteiger partial charge < -0.3 is 15.0 Å². The van der Waals surface area contributed by atoms with E-state index in [9.17, 15) is 4.39 Å². The number of anilines is 4. The van der Waals surface area contributed by atoms with Gasteiger partial charge in [-0.25, -0.2) is 9.82 Å². The van der Waals surface area contributed by atoms with Crippen molar-refractivity contribution < 1.29 is 9.13 Å². The fourth-order valence-corrected chi connectivity index (χ4v) is 4.21. The third-order valence-corrected chi connectivity index (χ3v) is 6.35. The molecule has 5 rings (SSSR count). The highest BCUT2D eigenvalue weighted by molar-refractivity contribution is 6.31. The van der Waals surface area contributed by atoms with Crippen molar-refractivity contribution in [1.29, 1.82) is 0 Å². The van der Waals surface area contributed by atoms with E-state index in [-0.39, 0.29) is 6.61 Å². The minimum absolute atomic E-state index is 0.0403. The number of benzene rings is 3. The Morgan fingerprint density at radius 1 is 0.895 bits per heavy atom. The molecular weight excluding hydrogens is 505 g/mol. The van der Waals surface area contributed by atoms with Crippen molar-refractivity contribution >= 4 is 41.3 Å². The van der Waals surface area contributed by atoms with E-state index in [1.54, 1.807) is 30.5 Å². The first-order valence-electron chi connectivity index (χ1n) is 12.4. The molecule has 1 aliphatic rings. The zero-order valence-corrected chi connectivity index (χ0v) is 21.4. The van der Waals surface area contributed by atoms with Gasteiger partial charge in [0.05, 0.1) is 11.2 Å². The molecule has 4 aromatic rings. The van der Waals surface area contributed by atoms with E-state index in [1.165, 1.54) is 12.5 Å². The molecule has 0 atom stereocenters. The van der Waals surface area contributed by atoms with Gasteiger partial charge in [0, 0.05) is 24.3 Å². The van der Waals surface area contributed by atoms with Crippen molar-refractivity contribution in [3.05, 3.63) is 94.8 Å². The number of nitrogens with one attached hydrogen (secondary N) is 2. The standard InChI is InChI=1S/C28H27ClFN7O/c29-24-10-7-11-25(30)23(24)19-38-22-14-12-20(13-15-22)18-31-36-27-33-26(32-21-8-3-1-4-9-21)34-28(35-27)37-16-5-2-6-17-37/h1,3-4,7-15,18H,2,5-6,16-17,19H2,(H2,32,33,34,35,36)/b31-18+. The molecule has 0 saturated carbocycles. The Morgan fingerprint density at radius 2 is 1.66 bits per heavy atom. The maximum atomic E-state index is 14.0. The quantitative estimate of drug-likeness (QED) is 0.190. The summed E-state index contributed by atoms with van der Waals surface area (Å²) < 4.78 is 19.6. The summed E-state index contributed by atoms with van der Waals surface area (Å²) in [5.41, 5.74) is 4.97. The molecule has 0 radical (unpaired) electrons. The molecule has 2 heterocycles. The van der Waals surface area contributed by atoms with Crippen molar-refractivity contribution in [2.75, 3.05) is 28.7 Å². The first-order chi connectivity index (χ1) is 18.6. The van der Waals surface area contributed by atoms with Crippen LogP contribution in [0.2, 0.25) is 5.02 Å². The molecule has 1 saturated heterocycles. The maximum Gasteiger partial charge on any atom is 0.250 e. The van der Waals surface area contributed by atoms with Gasteiger partial charge in [-0.05, 0) is 73.4 Å². The highest BCUT2D eigenvalue weighted by Gasteiger charge is 2.16. The zero-order chi connectivity index (χ0) is 26.2. The van der Waals surface area contributed by atoms with Crippen LogP contribution in [0.15, 0.2) is 77.9 Å². The summed E-state index contributed by atoms with van der Waals surface area (Å²) in [6.45, 7) is 1.86. The lowest BCUT2D eigenvalue weighted by atomic mass is 10.1. The first kappa shape index (κ1) is 25.4. The van der Waals surface area contributed by atoms with Crippen LogP contribution in [0.5, 0.6) is 5.75 Å². The normalized spacial score (nSPS) is 13.5. The van der Waals surface area contributed by atoms with Gasteiger partial charge in [0.25, 0.3) is 0 Å². The maximum absolute atomic E-state index is 14.0. The summed E-state index contributed by atoms with van der Waals surface area (Å²) in [5.74, 6) is 1.61. The number of nitrogens with zero attached hydrogens (tertiary/aromatic N) is 5. The van der Waals surface area contributed by atoms with E-state index in [4.69, 9.17) is 16.3 Å². The van der Waals surface area contributed by atoms with Gasteiger partial charge in [-0.1, -0.05) is 35.9 Å². The molecular formula is C28H27ClFN7O. The van der Waals surface area contributed by atoms with Gasteiger partial charge in [0.15, 0.2) is 0 Å². The smallest absolute Gasteiger partial charge is 0.250 e. The van der Waals surface area contributed by atoms with E-state index >= 15 is 0 Å². The van der Waals surface area contributed by atoms with Crippen molar-refractivity contribution in [3.8, 4) is 5.75 Å². The van der Waals surface area contributed by atoms with Crippen LogP contribution in [-0.4, -0.2) is 34.3 Å². The van der Waals surface area contributed by atoms with Gasteiger partial charge >= 0.3 is 0 Å². The predicted octanol–water partition coefficient (Wildman–Crippen LogP) is 6.42. The number of rotatable bonds is 9. The number of aromatic nitrogens is 3. The van der Waals surface area contributed by atoms with Crippen LogP contribution in [0.25, 0.3) is 0 Å². The van der Waals surface area contributed by atoms with Gasteiger partial charge in [-0.3, -0.25) is 0 Å². The van der Waals surface area contributed by atoms with Crippen LogP contribution in [-0.2, 0) is 6.61 Å². The summed E-state index contributed by atoms with van der Waals surface area (Å²) in [7, 11) is 0. The largest absolute Gasteiger partial charge is 0.489 e. The number of hydrogen-bond donors (Lipinski definition) is 2. The topological polar surface area (TPSA) is 87.6 Å². The van der Waals surface area contributed by atoms with Crippen LogP contribution in [0.1, 0.15) is 30.4 Å². The average molecular weight is 532 g/mol. The Kier molecular flexibility index (Phi) is 8.25. The summed E-state index contributed by atoms with van der Waals surface area (Å²) in [6.07, 6.45) is 5.10. The van der Waals surface area contributed by atoms with E-state index in [0.29, 0.717) is 34.2 Å². The number of hydrogen-bond acceptors (Lipinski definition) is 8. The van der Waals surface area contributed by atoms with Crippen molar-refractivity contribution in [2.45, 2.75) is 25.9 Å². The lowest BCUT2D eigenvalue weighted by molar-refractivity contribution is 0.300. The SMILES string of the molecule is Fc1cccc(Cl)c1COc1ccc(/C=N/Nc2nc(Nc3ccccc3)nc(N3CCCCC3)n2)cc1. The molecule has 1 fully saturated rings. The fraction of sp³-hybridized carbons (Fsp3) is 0.214. The third kappa shape index (κ3) is 6.74. The minimum Gasteiger partial charge on any atom is -0.489 e. The summed E-state index contributed by atoms with van der Waals surface area (Å²) in [5, 5.41) is 7.89. The predicted molar refractivity (Wildman–Crippen MR) is 149 cm³/mol. The Morgan fingerprint density at radius 3 is 2.42 bits per heavy atom. The van der Waals surface area contributed by atoms with Gasteiger partial charge in [-0.2, -0.15) is 20.1 Å². The van der Waals surface area contributed by atoms with Crippen LogP contribution < -0.4 is 20.4 Å². The van der Waals surface area contributed by atoms with Gasteiger partial charge in [-0.15, -0.1) is 0 Å². The second kappa shape index (κ2) is 12.3. The van der Waals surface area contributed by atoms with Crippen molar-refractivity contribution in [3.63, 3.8) is 0 Å². The molecule has 10 heteroatoms. The molecule has 2 N–H and O–H groups in total. The molecule has 0 bridgehead atoms. The van der Waals surface area contributed by atoms with Gasteiger partial charge in [0.2, 0.25) is 17.8 Å². The molecule has 0 unspecified atom stereocenters. The Balaban J connectivity index is 1.25. The van der Waals surface area contributed by atoms with Gasteiger partial charge in [0.1, 0.15) is 18.2 Å². The molecule has 1 aromatic heterocycles. The minimum atomic E-state index is -0.392. The number of para-hydroxylation sites is 1. The second-order valence-electron chi connectivity index (χ2n) is 8.75. The highest BCUT2D eigenvalue weighted by atomic mass is 35.5. The monoisotopic (exact) mass is 531 g/mol. The summed E-state index contributed by atoms with van der Waals surface area (Å²) >= 11 is 6.07. The Bertz CT molecular complexity index is 1360. The molecule has 8 nitrogen and oxygen atoms in total. The lowest BCUT2D eigenvalue weighted by Crippen LogP contribution is -2.31. The zero-order valence-electron chi connectivity index (χ0n) is 20.6. The second-order valence-corrected chi connectivity index (χ2v) is 9.16. The number of hydrazone groups is 1. The van der Waals surface area contributed by atoms with Crippen LogP contribution in [0.4, 0.5) is 27.9 Å². The third-order valence-electron chi connectivity index (χ3n) is 6.00. The lowest BCUT2D eigenvalue weighted by Gasteiger charge is -2.26. The molecule has 38 heavy (non-hydrogen) atoms. The number of ether oxygens (including phenoxy) is 1. The highest BCUT2D eigenvalue weighted by Crippen LogP contribution is 2.22. The van der Waals surface area contributed by atoms with E-state index < -0.39 is 5.82 Å². The van der Waals surface area contributed by atoms with Crippen LogP contribution in [0.3, 0.4) is 0 Å². The van der Waals surface area contributed by atoms with Crippen molar-refractivity contribution in [2.24, 2.45) is 5.10 Å². The molecule has 1 aliphatic heterocycles. The first-order valence-corrected chi connectivity index (χ1v) is 12.8. The number of piperidine rings is 1.